The molecule has 1 aliphatic carbocycles. The van der Waals surface area contributed by atoms with E-state index in [-0.39, 0.29) is 30.1 Å². The normalized spacial score (nSPS) is 17.6. The van der Waals surface area contributed by atoms with E-state index in [1.807, 2.05) is 65.0 Å². The van der Waals surface area contributed by atoms with Crippen LogP contribution in [-0.2, 0) is 41.1 Å². The predicted molar refractivity (Wildman–Crippen MR) is 251 cm³/mol. The van der Waals surface area contributed by atoms with Gasteiger partial charge in [0, 0.05) is 25.4 Å². The van der Waals surface area contributed by atoms with E-state index in [0.29, 0.717) is 38.6 Å². The highest BCUT2D eigenvalue weighted by Crippen LogP contribution is 2.40. The van der Waals surface area contributed by atoms with Crippen molar-refractivity contribution >= 4 is 38.2 Å². The van der Waals surface area contributed by atoms with Crippen LogP contribution < -0.4 is 21.3 Å². The Morgan fingerprint density at radius 2 is 1.41 bits per heavy atom. The number of nitrogens with one attached hydrogen (secondary N) is 4. The Morgan fingerprint density at radius 3 is 1.98 bits per heavy atom. The van der Waals surface area contributed by atoms with Crippen LogP contribution in [0, 0.1) is 17.8 Å². The van der Waals surface area contributed by atoms with Gasteiger partial charge in [-0.2, -0.15) is 0 Å². The number of hydrogen-bond donors (Lipinski definition) is 5. The van der Waals surface area contributed by atoms with E-state index in [1.54, 1.807) is 24.3 Å². The van der Waals surface area contributed by atoms with Crippen LogP contribution in [0.1, 0.15) is 111 Å². The van der Waals surface area contributed by atoms with Gasteiger partial charge in [-0.25, -0.2) is 9.59 Å². The van der Waals surface area contributed by atoms with E-state index in [9.17, 15) is 29.1 Å². The highest BCUT2D eigenvalue weighted by Gasteiger charge is 2.43. The van der Waals surface area contributed by atoms with Gasteiger partial charge in [0.05, 0.1) is 25.4 Å². The van der Waals surface area contributed by atoms with Crippen molar-refractivity contribution < 1.29 is 43.0 Å². The molecule has 5 unspecified atom stereocenters. The fraction of sp³-hybridized carbons (Fsp3) is 0.653. The molecule has 1 saturated heterocycles. The number of aromatic hydroxyl groups is 1. The third kappa shape index (κ3) is 16.8. The summed E-state index contributed by atoms with van der Waals surface area (Å²) in [5, 5.41) is 21.6. The molecule has 2 aromatic carbocycles. The Balaban J connectivity index is 1.69. The fourth-order valence-electron chi connectivity index (χ4n) is 8.04. The minimum absolute atomic E-state index is 0.0928. The summed E-state index contributed by atoms with van der Waals surface area (Å²) >= 11 is 0. The number of amides is 6. The van der Waals surface area contributed by atoms with Gasteiger partial charge in [-0.05, 0) is 93.3 Å². The monoisotopic (exact) mass is 908 g/mol. The van der Waals surface area contributed by atoms with Crippen LogP contribution in [-0.4, -0.2) is 104 Å². The van der Waals surface area contributed by atoms with Crippen LogP contribution in [0.2, 0.25) is 18.1 Å². The molecule has 0 radical (unpaired) electrons. The van der Waals surface area contributed by atoms with Gasteiger partial charge >= 0.3 is 12.1 Å². The molecular weight excluding hydrogens is 831 g/mol. The maximum absolute atomic E-state index is 14.9. The maximum Gasteiger partial charge on any atom is 0.407 e. The van der Waals surface area contributed by atoms with Crippen LogP contribution in [0.25, 0.3) is 0 Å². The molecule has 2 aliphatic rings. The lowest BCUT2D eigenvalue weighted by Gasteiger charge is -2.43. The molecule has 356 valence electrons. The third-order valence-electron chi connectivity index (χ3n) is 12.7. The highest BCUT2D eigenvalue weighted by atomic mass is 28.4. The van der Waals surface area contributed by atoms with E-state index < -0.39 is 79.8 Å². The lowest BCUT2D eigenvalue weighted by Crippen LogP contribution is -2.59. The average Bonchev–Trinajstić information content (AvgIpc) is 3.22. The van der Waals surface area contributed by atoms with Crippen LogP contribution >= 0.6 is 0 Å². The van der Waals surface area contributed by atoms with Crippen LogP contribution in [0.3, 0.4) is 0 Å². The largest absolute Gasteiger partial charge is 0.508 e. The molecule has 14 nitrogen and oxygen atoms in total. The Kier molecular flexibility index (Phi) is 19.3. The van der Waals surface area contributed by atoms with Crippen molar-refractivity contribution in [1.29, 1.82) is 0 Å². The van der Waals surface area contributed by atoms with Gasteiger partial charge in [-0.15, -0.1) is 0 Å². The van der Waals surface area contributed by atoms with Gasteiger partial charge in [-0.3, -0.25) is 19.7 Å². The van der Waals surface area contributed by atoms with Gasteiger partial charge in [0.2, 0.25) is 11.8 Å². The first kappa shape index (κ1) is 52.2. The second kappa shape index (κ2) is 23.6. The molecule has 0 aromatic heterocycles. The molecule has 2 fully saturated rings. The van der Waals surface area contributed by atoms with E-state index >= 15 is 0 Å². The Bertz CT molecular complexity index is 1820. The summed E-state index contributed by atoms with van der Waals surface area (Å²) in [5.41, 5.74) is 0.835. The number of morpholine rings is 1. The summed E-state index contributed by atoms with van der Waals surface area (Å²) in [6, 6.07) is 12.7. The number of ether oxygens (including phenoxy) is 2. The summed E-state index contributed by atoms with van der Waals surface area (Å²) in [7, 11) is -2.54. The first-order valence-corrected chi connectivity index (χ1v) is 26.2. The van der Waals surface area contributed by atoms with Gasteiger partial charge < -0.3 is 39.9 Å². The molecule has 0 bridgehead atoms. The molecule has 15 heteroatoms. The zero-order valence-electron chi connectivity index (χ0n) is 40.1. The van der Waals surface area contributed by atoms with Gasteiger partial charge in [-0.1, -0.05) is 109 Å². The first-order chi connectivity index (χ1) is 30.0. The summed E-state index contributed by atoms with van der Waals surface area (Å²) < 4.78 is 18.4. The number of benzene rings is 2. The van der Waals surface area contributed by atoms with E-state index in [2.05, 4.69) is 55.1 Å². The predicted octanol–water partition coefficient (Wildman–Crippen LogP) is 7.63. The average molecular weight is 908 g/mol. The second-order valence-electron chi connectivity index (χ2n) is 20.6. The summed E-state index contributed by atoms with van der Waals surface area (Å²) in [4.78, 5) is 71.4. The standard InChI is InChI=1S/C49H77N5O9Si/c1-33(2)42(45(58)50-40(31-35-19-15-12-16-20-35)44(57)53-46(59)54-25-27-61-28-26-54)52-43(56)37(29-36-21-23-38(55)24-22-36)32-41(63-64(9,10)49(6,7)8)39(30-34-17-13-11-14-18-34)51-47(60)62-48(3,4)5/h12,15-16,19-24,33-34,37,39-42,55H,11,13-14,17-18,25-32H2,1-10H3,(H,50,58)(H,51,60)(H,52,56)(H,53,57,59). The molecule has 5 atom stereocenters. The van der Waals surface area contributed by atoms with Gasteiger partial charge in [0.25, 0.3) is 5.91 Å². The van der Waals surface area contributed by atoms with Crippen molar-refractivity contribution in [1.82, 2.24) is 26.2 Å². The second-order valence-corrected chi connectivity index (χ2v) is 25.3. The number of alkyl carbamates (subject to hydrolysis) is 1. The number of phenols is 1. The van der Waals surface area contributed by atoms with E-state index in [4.69, 9.17) is 13.9 Å². The molecule has 1 saturated carbocycles. The summed E-state index contributed by atoms with van der Waals surface area (Å²) in [6.07, 6.45) is 5.54. The zero-order chi connectivity index (χ0) is 47.2. The fourth-order valence-corrected chi connectivity index (χ4v) is 9.41. The topological polar surface area (TPSA) is 185 Å². The molecule has 1 heterocycles. The molecule has 5 N–H and O–H groups in total. The summed E-state index contributed by atoms with van der Waals surface area (Å²) in [5.74, 6) is -2.35. The quantitative estimate of drug-likeness (QED) is 0.0939. The highest BCUT2D eigenvalue weighted by molar-refractivity contribution is 6.74. The number of rotatable bonds is 18. The minimum Gasteiger partial charge on any atom is -0.508 e. The number of nitrogens with zero attached hydrogens (tertiary/aromatic N) is 1. The van der Waals surface area contributed by atoms with Crippen molar-refractivity contribution in [2.75, 3.05) is 26.3 Å². The smallest absolute Gasteiger partial charge is 0.407 e. The van der Waals surface area contributed by atoms with E-state index in [1.165, 1.54) is 11.3 Å². The Labute approximate surface area is 382 Å². The van der Waals surface area contributed by atoms with Crippen LogP contribution in [0.4, 0.5) is 9.59 Å². The van der Waals surface area contributed by atoms with Crippen LogP contribution in [0.15, 0.2) is 54.6 Å². The number of imide groups is 1. The number of phenolic OH excluding ortho intramolecular Hbond substituents is 1. The molecule has 0 spiro atoms. The summed E-state index contributed by atoms with van der Waals surface area (Å²) in [6.45, 7) is 21.3. The third-order valence-corrected chi connectivity index (χ3v) is 17.2. The number of hydrogen-bond acceptors (Lipinski definition) is 9. The first-order valence-electron chi connectivity index (χ1n) is 23.3. The molecule has 4 rings (SSSR count). The minimum atomic E-state index is -2.54. The van der Waals surface area contributed by atoms with Crippen molar-refractivity contribution in [3.05, 3.63) is 65.7 Å². The molecule has 2 aromatic rings. The maximum atomic E-state index is 14.9. The van der Waals surface area contributed by atoms with Crippen molar-refractivity contribution in [3.63, 3.8) is 0 Å². The van der Waals surface area contributed by atoms with Crippen molar-refractivity contribution in [2.24, 2.45) is 17.8 Å². The molecule has 6 amide bonds. The Morgan fingerprint density at radius 1 is 0.797 bits per heavy atom. The van der Waals surface area contributed by atoms with Crippen molar-refractivity contribution in [3.8, 4) is 5.75 Å². The lowest BCUT2D eigenvalue weighted by atomic mass is 9.82. The molecule has 64 heavy (non-hydrogen) atoms. The van der Waals surface area contributed by atoms with E-state index in [0.717, 1.165) is 36.8 Å². The van der Waals surface area contributed by atoms with Crippen LogP contribution in [0.5, 0.6) is 5.75 Å². The zero-order valence-corrected chi connectivity index (χ0v) is 41.1. The number of urea groups is 1. The van der Waals surface area contributed by atoms with Crippen molar-refractivity contribution in [2.45, 2.75) is 161 Å². The number of carbonyl (C=O) groups is 5. The van der Waals surface area contributed by atoms with Gasteiger partial charge in [0.15, 0.2) is 8.32 Å². The lowest BCUT2D eigenvalue weighted by molar-refractivity contribution is -0.134. The SMILES string of the molecule is CC(C)C(NC(=O)C(Cc1ccc(O)cc1)CC(O[Si](C)(C)C(C)(C)C)C(CC1CCCCC1)NC(=O)OC(C)(C)C)C(=O)NC(Cc1ccccc1)C(=O)NC(=O)N1CCOCC1. The Hall–Kier alpha value is -4.47. The number of carbonyl (C=O) groups excluding carboxylic acids is 5. The van der Waals surface area contributed by atoms with Gasteiger partial charge in [0.1, 0.15) is 23.4 Å². The molecular formula is C49H77N5O9Si. The molecule has 1 aliphatic heterocycles.